The molecule has 0 unspecified atom stereocenters. The molecule has 0 N–H and O–H groups in total. The first-order valence-electron chi connectivity index (χ1n) is 6.91. The molecule has 2 rings (SSSR count). The summed E-state index contributed by atoms with van der Waals surface area (Å²) in [4.78, 5) is 11.1. The summed E-state index contributed by atoms with van der Waals surface area (Å²) in [5, 5.41) is 0. The minimum Gasteiger partial charge on any atom is -0.489 e. The van der Waals surface area contributed by atoms with Gasteiger partial charge in [-0.25, -0.2) is 0 Å². The summed E-state index contributed by atoms with van der Waals surface area (Å²) in [5.74, 6) is -0.672. The van der Waals surface area contributed by atoms with Gasteiger partial charge in [-0.05, 0) is 24.1 Å². The Bertz CT molecular complexity index is 861. The lowest BCUT2D eigenvalue weighted by Crippen LogP contribution is -2.28. The molecule has 2 aromatic rings. The van der Waals surface area contributed by atoms with Crippen LogP contribution in [0.3, 0.4) is 0 Å². The lowest BCUT2D eigenvalue weighted by Gasteiger charge is -2.14. The minimum absolute atomic E-state index is 0.0688. The Labute approximate surface area is 142 Å². The summed E-state index contributed by atoms with van der Waals surface area (Å²) in [6.45, 7) is 1.53. The number of rotatable bonds is 6. The topological polar surface area (TPSA) is 69.7 Å². The Balaban J connectivity index is 2.32. The quantitative estimate of drug-likeness (QED) is 0.439. The Kier molecular flexibility index (Phi) is 5.36. The van der Waals surface area contributed by atoms with Crippen LogP contribution in [0.1, 0.15) is 21.5 Å². The van der Waals surface area contributed by atoms with Gasteiger partial charge in [0.1, 0.15) is 12.4 Å². The third-order valence-corrected chi connectivity index (χ3v) is 4.14. The van der Waals surface area contributed by atoms with Crippen LogP contribution in [-0.4, -0.2) is 20.2 Å². The molecule has 0 aliphatic rings. The van der Waals surface area contributed by atoms with E-state index in [2.05, 4.69) is 4.18 Å². The monoisotopic (exact) mass is 374 g/mol. The lowest BCUT2D eigenvalue weighted by molar-refractivity contribution is -0.0500. The maximum absolute atomic E-state index is 12.5. The summed E-state index contributed by atoms with van der Waals surface area (Å²) < 4.78 is 69.4. The fourth-order valence-corrected chi connectivity index (χ4v) is 2.41. The van der Waals surface area contributed by atoms with Gasteiger partial charge in [0.15, 0.2) is 12.0 Å². The molecule has 0 atom stereocenters. The second-order valence-electron chi connectivity index (χ2n) is 5.03. The van der Waals surface area contributed by atoms with Crippen molar-refractivity contribution in [2.45, 2.75) is 19.0 Å². The zero-order valence-electron chi connectivity index (χ0n) is 12.9. The van der Waals surface area contributed by atoms with Crippen LogP contribution in [0.25, 0.3) is 0 Å². The molecule has 2 aromatic carbocycles. The molecular formula is C16H13F3O5S. The van der Waals surface area contributed by atoms with Crippen molar-refractivity contribution in [2.24, 2.45) is 0 Å². The Hall–Kier alpha value is -2.55. The van der Waals surface area contributed by atoms with Crippen LogP contribution < -0.4 is 8.92 Å². The Morgan fingerprint density at radius 3 is 2.32 bits per heavy atom. The number of carbonyl (C=O) groups excluding carboxylic acids is 1. The predicted molar refractivity (Wildman–Crippen MR) is 82.9 cm³/mol. The van der Waals surface area contributed by atoms with Crippen molar-refractivity contribution in [3.05, 3.63) is 59.2 Å². The number of aryl methyl sites for hydroxylation is 1. The fraction of sp³-hybridized carbons (Fsp3) is 0.188. The maximum Gasteiger partial charge on any atom is 0.534 e. The van der Waals surface area contributed by atoms with Gasteiger partial charge in [-0.15, -0.1) is 0 Å². The van der Waals surface area contributed by atoms with Crippen molar-refractivity contribution in [3.8, 4) is 11.5 Å². The number of carbonyl (C=O) groups is 1. The van der Waals surface area contributed by atoms with Gasteiger partial charge in [-0.1, -0.05) is 30.3 Å². The van der Waals surface area contributed by atoms with Crippen molar-refractivity contribution in [1.82, 2.24) is 0 Å². The molecule has 134 valence electrons. The van der Waals surface area contributed by atoms with Crippen LogP contribution >= 0.6 is 0 Å². The van der Waals surface area contributed by atoms with Crippen LogP contribution in [0.4, 0.5) is 13.2 Å². The number of ether oxygens (including phenoxy) is 1. The van der Waals surface area contributed by atoms with E-state index >= 15 is 0 Å². The molecular weight excluding hydrogens is 361 g/mol. The molecule has 25 heavy (non-hydrogen) atoms. The van der Waals surface area contributed by atoms with Crippen LogP contribution in [-0.2, 0) is 16.7 Å². The largest absolute Gasteiger partial charge is 0.534 e. The number of hydrogen-bond donors (Lipinski definition) is 0. The Morgan fingerprint density at radius 2 is 1.76 bits per heavy atom. The van der Waals surface area contributed by atoms with Crippen LogP contribution in [0.5, 0.6) is 11.5 Å². The molecule has 0 aromatic heterocycles. The van der Waals surface area contributed by atoms with Gasteiger partial charge in [0.05, 0.1) is 5.56 Å². The second-order valence-corrected chi connectivity index (χ2v) is 6.57. The summed E-state index contributed by atoms with van der Waals surface area (Å²) in [6.07, 6.45) is 0.220. The van der Waals surface area contributed by atoms with E-state index in [9.17, 15) is 26.4 Å². The second kappa shape index (κ2) is 7.14. The first-order valence-corrected chi connectivity index (χ1v) is 8.32. The van der Waals surface area contributed by atoms with Gasteiger partial charge in [0.25, 0.3) is 0 Å². The van der Waals surface area contributed by atoms with Gasteiger partial charge >= 0.3 is 15.6 Å². The van der Waals surface area contributed by atoms with E-state index in [4.69, 9.17) is 4.74 Å². The van der Waals surface area contributed by atoms with Crippen molar-refractivity contribution >= 4 is 16.4 Å². The van der Waals surface area contributed by atoms with Gasteiger partial charge < -0.3 is 8.92 Å². The minimum atomic E-state index is -5.90. The van der Waals surface area contributed by atoms with E-state index in [0.29, 0.717) is 0 Å². The smallest absolute Gasteiger partial charge is 0.489 e. The summed E-state index contributed by atoms with van der Waals surface area (Å²) in [5.41, 5.74) is -4.90. The molecule has 0 heterocycles. The van der Waals surface area contributed by atoms with E-state index in [0.717, 1.165) is 11.6 Å². The lowest BCUT2D eigenvalue weighted by atomic mass is 10.1. The van der Waals surface area contributed by atoms with E-state index in [1.54, 1.807) is 30.3 Å². The summed E-state index contributed by atoms with van der Waals surface area (Å²) in [6, 6.07) is 11.3. The van der Waals surface area contributed by atoms with Crippen molar-refractivity contribution in [2.75, 3.05) is 0 Å². The van der Waals surface area contributed by atoms with Gasteiger partial charge in [0, 0.05) is 6.07 Å². The first-order chi connectivity index (χ1) is 11.6. The summed E-state index contributed by atoms with van der Waals surface area (Å²) >= 11 is 0. The van der Waals surface area contributed by atoms with Crippen LogP contribution in [0.2, 0.25) is 0 Å². The number of alkyl halides is 3. The maximum atomic E-state index is 12.5. The normalized spacial score (nSPS) is 11.8. The van der Waals surface area contributed by atoms with Crippen LogP contribution in [0, 0.1) is 6.92 Å². The molecule has 0 aliphatic carbocycles. The molecule has 0 spiro atoms. The molecule has 9 heteroatoms. The molecule has 0 bridgehead atoms. The molecule has 0 saturated heterocycles. The van der Waals surface area contributed by atoms with E-state index in [1.807, 2.05) is 0 Å². The van der Waals surface area contributed by atoms with Gasteiger partial charge in [-0.3, -0.25) is 4.79 Å². The predicted octanol–water partition coefficient (Wildman–Crippen LogP) is 3.61. The van der Waals surface area contributed by atoms with Gasteiger partial charge in [0.2, 0.25) is 0 Å². The third kappa shape index (κ3) is 4.50. The first kappa shape index (κ1) is 18.8. The SMILES string of the molecule is Cc1cc(OCc2ccccc2)cc(OS(=O)(=O)C(F)(F)F)c1C=O. The third-order valence-electron chi connectivity index (χ3n) is 3.17. The Morgan fingerprint density at radius 1 is 1.12 bits per heavy atom. The van der Waals surface area contributed by atoms with Crippen molar-refractivity contribution in [3.63, 3.8) is 0 Å². The molecule has 0 radical (unpaired) electrons. The van der Waals surface area contributed by atoms with Gasteiger partial charge in [-0.2, -0.15) is 21.6 Å². The molecule has 0 aliphatic heterocycles. The van der Waals surface area contributed by atoms with Crippen molar-refractivity contribution in [1.29, 1.82) is 0 Å². The zero-order valence-corrected chi connectivity index (χ0v) is 13.7. The highest BCUT2D eigenvalue weighted by atomic mass is 32.2. The van der Waals surface area contributed by atoms with E-state index < -0.39 is 21.4 Å². The molecule has 0 fully saturated rings. The standard InChI is InChI=1S/C16H13F3O5S/c1-11-7-13(23-10-12-5-3-2-4-6-12)8-15(14(11)9-20)24-25(21,22)16(17,18)19/h2-9H,10H2,1H3. The molecule has 5 nitrogen and oxygen atoms in total. The average Bonchev–Trinajstić information content (AvgIpc) is 2.52. The van der Waals surface area contributed by atoms with Crippen molar-refractivity contribution < 1.29 is 35.3 Å². The highest BCUT2D eigenvalue weighted by Crippen LogP contribution is 2.33. The highest BCUT2D eigenvalue weighted by Gasteiger charge is 2.48. The summed E-state index contributed by atoms with van der Waals surface area (Å²) in [7, 11) is -5.90. The average molecular weight is 374 g/mol. The fourth-order valence-electron chi connectivity index (χ4n) is 1.94. The highest BCUT2D eigenvalue weighted by molar-refractivity contribution is 7.88. The molecule has 0 amide bonds. The van der Waals surface area contributed by atoms with E-state index in [-0.39, 0.29) is 29.8 Å². The van der Waals surface area contributed by atoms with Crippen LogP contribution in [0.15, 0.2) is 42.5 Å². The van der Waals surface area contributed by atoms with E-state index in [1.165, 1.54) is 13.0 Å². The molecule has 0 saturated carbocycles. The number of halogens is 3. The number of hydrogen-bond acceptors (Lipinski definition) is 5. The number of benzene rings is 2. The zero-order chi connectivity index (χ0) is 18.7. The number of aldehydes is 1.